The summed E-state index contributed by atoms with van der Waals surface area (Å²) in [4.78, 5) is 23.4. The third-order valence-corrected chi connectivity index (χ3v) is 3.82. The van der Waals surface area contributed by atoms with Crippen LogP contribution in [0.3, 0.4) is 0 Å². The minimum Gasteiger partial charge on any atom is -0.494 e. The first-order valence-electron chi connectivity index (χ1n) is 7.40. The standard InChI is InChI=1S/C15H19N5O3S/c1-2-23-12-5-3-10(4-6-12)7-11(13(16)21)8-17-14(22)19-15-20-18-9-24-15/h3-6,9,11H,2,7-8H2,1H3,(H2,16,21)(H2,17,19,20,22)/t11-/m1/s1. The van der Waals surface area contributed by atoms with E-state index in [4.69, 9.17) is 10.5 Å². The fraction of sp³-hybridized carbons (Fsp3) is 0.333. The molecule has 0 unspecified atom stereocenters. The van der Waals surface area contributed by atoms with Gasteiger partial charge in [-0.3, -0.25) is 10.1 Å². The van der Waals surface area contributed by atoms with Gasteiger partial charge in [-0.1, -0.05) is 23.5 Å². The number of ether oxygens (including phenoxy) is 1. The van der Waals surface area contributed by atoms with Crippen molar-refractivity contribution in [1.29, 1.82) is 0 Å². The van der Waals surface area contributed by atoms with Gasteiger partial charge < -0.3 is 15.8 Å². The van der Waals surface area contributed by atoms with Crippen LogP contribution in [-0.2, 0) is 11.2 Å². The molecule has 4 N–H and O–H groups in total. The SMILES string of the molecule is CCOc1ccc(C[C@H](CNC(=O)Nc2nncs2)C(N)=O)cc1. The molecule has 3 amide bonds. The van der Waals surface area contributed by atoms with E-state index < -0.39 is 17.9 Å². The number of urea groups is 1. The number of benzene rings is 1. The second-order valence-electron chi connectivity index (χ2n) is 4.96. The second-order valence-corrected chi connectivity index (χ2v) is 5.79. The van der Waals surface area contributed by atoms with E-state index >= 15 is 0 Å². The topological polar surface area (TPSA) is 119 Å². The Morgan fingerprint density at radius 1 is 1.33 bits per heavy atom. The van der Waals surface area contributed by atoms with Gasteiger partial charge in [0.2, 0.25) is 11.0 Å². The first-order valence-corrected chi connectivity index (χ1v) is 8.28. The van der Waals surface area contributed by atoms with Gasteiger partial charge in [0, 0.05) is 6.54 Å². The lowest BCUT2D eigenvalue weighted by Gasteiger charge is -2.15. The van der Waals surface area contributed by atoms with E-state index in [-0.39, 0.29) is 6.54 Å². The minimum atomic E-state index is -0.511. The molecule has 2 rings (SSSR count). The van der Waals surface area contributed by atoms with Gasteiger partial charge in [-0.2, -0.15) is 0 Å². The summed E-state index contributed by atoms with van der Waals surface area (Å²) >= 11 is 1.20. The molecule has 0 spiro atoms. The summed E-state index contributed by atoms with van der Waals surface area (Å²) in [7, 11) is 0. The maximum absolute atomic E-state index is 11.8. The van der Waals surface area contributed by atoms with E-state index in [1.165, 1.54) is 16.8 Å². The van der Waals surface area contributed by atoms with Crippen molar-refractivity contribution in [3.05, 3.63) is 35.3 Å². The van der Waals surface area contributed by atoms with Crippen LogP contribution in [0.4, 0.5) is 9.93 Å². The van der Waals surface area contributed by atoms with Crippen molar-refractivity contribution in [2.75, 3.05) is 18.5 Å². The molecule has 0 radical (unpaired) electrons. The van der Waals surface area contributed by atoms with Crippen LogP contribution in [0.2, 0.25) is 0 Å². The van der Waals surface area contributed by atoms with Crippen LogP contribution in [-0.4, -0.2) is 35.3 Å². The highest BCUT2D eigenvalue weighted by Gasteiger charge is 2.17. The average molecular weight is 349 g/mol. The summed E-state index contributed by atoms with van der Waals surface area (Å²) in [5.74, 6) is -0.213. The molecule has 1 aromatic carbocycles. The van der Waals surface area contributed by atoms with Gasteiger partial charge in [0.25, 0.3) is 0 Å². The van der Waals surface area contributed by atoms with Crippen molar-refractivity contribution >= 4 is 28.4 Å². The van der Waals surface area contributed by atoms with E-state index in [0.29, 0.717) is 18.2 Å². The Morgan fingerprint density at radius 2 is 2.08 bits per heavy atom. The predicted octanol–water partition coefficient (Wildman–Crippen LogP) is 1.40. The largest absolute Gasteiger partial charge is 0.494 e. The van der Waals surface area contributed by atoms with Crippen LogP contribution >= 0.6 is 11.3 Å². The maximum atomic E-state index is 11.8. The number of carbonyl (C=O) groups excluding carboxylic acids is 2. The van der Waals surface area contributed by atoms with E-state index in [9.17, 15) is 9.59 Å². The lowest BCUT2D eigenvalue weighted by Crippen LogP contribution is -2.39. The van der Waals surface area contributed by atoms with Crippen molar-refractivity contribution in [2.24, 2.45) is 11.7 Å². The van der Waals surface area contributed by atoms with Crippen LogP contribution in [0.5, 0.6) is 5.75 Å². The van der Waals surface area contributed by atoms with E-state index in [1.807, 2.05) is 31.2 Å². The molecule has 0 saturated carbocycles. The van der Waals surface area contributed by atoms with Crippen molar-refractivity contribution < 1.29 is 14.3 Å². The number of primary amides is 1. The monoisotopic (exact) mass is 349 g/mol. The fourth-order valence-electron chi connectivity index (χ4n) is 2.03. The number of anilines is 1. The molecule has 0 aliphatic carbocycles. The fourth-order valence-corrected chi connectivity index (χ4v) is 2.47. The van der Waals surface area contributed by atoms with E-state index in [1.54, 1.807) is 0 Å². The Morgan fingerprint density at radius 3 is 2.67 bits per heavy atom. The van der Waals surface area contributed by atoms with Crippen molar-refractivity contribution in [3.8, 4) is 5.75 Å². The van der Waals surface area contributed by atoms with Gasteiger partial charge in [0.05, 0.1) is 12.5 Å². The molecule has 0 aliphatic rings. The second kappa shape index (κ2) is 8.82. The number of nitrogens with one attached hydrogen (secondary N) is 2. The van der Waals surface area contributed by atoms with Gasteiger partial charge in [0.1, 0.15) is 11.3 Å². The number of hydrogen-bond acceptors (Lipinski definition) is 6. The Balaban J connectivity index is 1.87. The summed E-state index contributed by atoms with van der Waals surface area (Å²) in [5.41, 5.74) is 7.87. The molecule has 2 aromatic rings. The number of aromatic nitrogens is 2. The van der Waals surface area contributed by atoms with Gasteiger partial charge in [-0.05, 0) is 31.0 Å². The first-order chi connectivity index (χ1) is 11.6. The lowest BCUT2D eigenvalue weighted by molar-refractivity contribution is -0.121. The van der Waals surface area contributed by atoms with E-state index in [0.717, 1.165) is 11.3 Å². The molecule has 0 bridgehead atoms. The Hall–Kier alpha value is -2.68. The number of amides is 3. The predicted molar refractivity (Wildman–Crippen MR) is 90.9 cm³/mol. The van der Waals surface area contributed by atoms with Crippen LogP contribution in [0.15, 0.2) is 29.8 Å². The number of nitrogens with zero attached hydrogens (tertiary/aromatic N) is 2. The van der Waals surface area contributed by atoms with Crippen molar-refractivity contribution in [1.82, 2.24) is 15.5 Å². The summed E-state index contributed by atoms with van der Waals surface area (Å²) in [6.07, 6.45) is 0.431. The van der Waals surface area contributed by atoms with Gasteiger partial charge in [-0.15, -0.1) is 10.2 Å². The number of carbonyl (C=O) groups is 2. The number of hydrogen-bond donors (Lipinski definition) is 3. The smallest absolute Gasteiger partial charge is 0.321 e. The quantitative estimate of drug-likeness (QED) is 0.665. The normalized spacial score (nSPS) is 11.5. The molecular weight excluding hydrogens is 330 g/mol. The zero-order valence-corrected chi connectivity index (χ0v) is 14.0. The highest BCUT2D eigenvalue weighted by atomic mass is 32.1. The molecule has 0 fully saturated rings. The zero-order valence-electron chi connectivity index (χ0n) is 13.2. The van der Waals surface area contributed by atoms with Crippen LogP contribution in [0.1, 0.15) is 12.5 Å². The molecule has 0 saturated heterocycles. The molecule has 0 aliphatic heterocycles. The highest BCUT2D eigenvalue weighted by molar-refractivity contribution is 7.13. The van der Waals surface area contributed by atoms with Crippen molar-refractivity contribution in [3.63, 3.8) is 0 Å². The van der Waals surface area contributed by atoms with Crippen LogP contribution < -0.4 is 21.1 Å². The molecule has 24 heavy (non-hydrogen) atoms. The van der Waals surface area contributed by atoms with Gasteiger partial charge in [-0.25, -0.2) is 4.79 Å². The first kappa shape index (κ1) is 17.7. The minimum absolute atomic E-state index is 0.132. The highest BCUT2D eigenvalue weighted by Crippen LogP contribution is 2.15. The average Bonchev–Trinajstić information content (AvgIpc) is 3.06. The molecule has 128 valence electrons. The van der Waals surface area contributed by atoms with Gasteiger partial charge >= 0.3 is 6.03 Å². The third kappa shape index (κ3) is 5.51. The Labute approximate surface area is 143 Å². The summed E-state index contributed by atoms with van der Waals surface area (Å²) in [5, 5.41) is 12.8. The Bertz CT molecular complexity index is 660. The molecule has 9 heteroatoms. The molecular formula is C15H19N5O3S. The molecule has 1 heterocycles. The number of nitrogens with two attached hydrogens (primary N) is 1. The Kier molecular flexibility index (Phi) is 6.50. The van der Waals surface area contributed by atoms with E-state index in [2.05, 4.69) is 20.8 Å². The molecule has 8 nitrogen and oxygen atoms in total. The third-order valence-electron chi connectivity index (χ3n) is 3.21. The molecule has 1 aromatic heterocycles. The maximum Gasteiger partial charge on any atom is 0.321 e. The van der Waals surface area contributed by atoms with Crippen LogP contribution in [0, 0.1) is 5.92 Å². The van der Waals surface area contributed by atoms with Gasteiger partial charge in [0.15, 0.2) is 0 Å². The summed E-state index contributed by atoms with van der Waals surface area (Å²) in [6.45, 7) is 2.64. The summed E-state index contributed by atoms with van der Waals surface area (Å²) < 4.78 is 5.38. The van der Waals surface area contributed by atoms with Crippen LogP contribution in [0.25, 0.3) is 0 Å². The zero-order chi connectivity index (χ0) is 17.4. The number of rotatable bonds is 8. The molecule has 1 atom stereocenters. The van der Waals surface area contributed by atoms with Crippen molar-refractivity contribution in [2.45, 2.75) is 13.3 Å². The lowest BCUT2D eigenvalue weighted by atomic mass is 9.98. The summed E-state index contributed by atoms with van der Waals surface area (Å²) in [6, 6.07) is 6.98.